The third-order valence-corrected chi connectivity index (χ3v) is 6.14. The van der Waals surface area contributed by atoms with Crippen LogP contribution in [0.1, 0.15) is 25.9 Å². The highest BCUT2D eigenvalue weighted by Gasteiger charge is 2.18. The Balaban J connectivity index is 1.72. The number of thiophene rings is 1. The van der Waals surface area contributed by atoms with Gasteiger partial charge in [-0.2, -0.15) is 0 Å². The maximum Gasteiger partial charge on any atom is 0.241 e. The van der Waals surface area contributed by atoms with Crippen LogP contribution in [0, 0.1) is 12.7 Å². The predicted octanol–water partition coefficient (Wildman–Crippen LogP) is 3.50. The van der Waals surface area contributed by atoms with E-state index >= 15 is 0 Å². The molecule has 0 spiro atoms. The van der Waals surface area contributed by atoms with Gasteiger partial charge in [0.15, 0.2) is 5.76 Å². The lowest BCUT2D eigenvalue weighted by Crippen LogP contribution is -2.23. The van der Waals surface area contributed by atoms with Gasteiger partial charge in [-0.1, -0.05) is 0 Å². The van der Waals surface area contributed by atoms with Gasteiger partial charge in [0.25, 0.3) is 0 Å². The molecule has 0 aliphatic carbocycles. The summed E-state index contributed by atoms with van der Waals surface area (Å²) in [5.74, 6) is -0.509. The summed E-state index contributed by atoms with van der Waals surface area (Å²) < 4.78 is 45.4. The Bertz CT molecular complexity index is 1010. The van der Waals surface area contributed by atoms with Crippen molar-refractivity contribution < 1.29 is 22.0 Å². The molecule has 0 radical (unpaired) electrons. The molecule has 0 bridgehead atoms. The molecule has 130 valence electrons. The number of benzene rings is 1. The van der Waals surface area contributed by atoms with Gasteiger partial charge in [0.2, 0.25) is 15.8 Å². The fourth-order valence-electron chi connectivity index (χ4n) is 2.28. The van der Waals surface area contributed by atoms with E-state index in [1.165, 1.54) is 36.7 Å². The number of aryl methyl sites for hydroxylation is 1. The van der Waals surface area contributed by atoms with Gasteiger partial charge in [-0.05, 0) is 55.0 Å². The van der Waals surface area contributed by atoms with E-state index in [-0.39, 0.29) is 23.0 Å². The van der Waals surface area contributed by atoms with Gasteiger partial charge in [-0.3, -0.25) is 4.79 Å². The summed E-state index contributed by atoms with van der Waals surface area (Å²) in [6.07, 6.45) is 1.42. The molecule has 5 nitrogen and oxygen atoms in total. The van der Waals surface area contributed by atoms with E-state index in [2.05, 4.69) is 4.72 Å². The fourth-order valence-corrected chi connectivity index (χ4v) is 4.50. The standard InChI is InChI=1S/C17H14FNO4S2/c1-11-9-12(18)4-7-16(11)25(21,22)19-10-13-5-6-15(24-13)17(20)14-3-2-8-23-14/h2-9,19H,10H2,1H3. The number of sulfonamides is 1. The first kappa shape index (κ1) is 17.5. The molecule has 2 heterocycles. The van der Waals surface area contributed by atoms with Gasteiger partial charge in [0.1, 0.15) is 5.82 Å². The second-order valence-corrected chi connectivity index (χ2v) is 8.21. The molecule has 0 saturated carbocycles. The Morgan fingerprint density at radius 3 is 2.72 bits per heavy atom. The smallest absolute Gasteiger partial charge is 0.241 e. The summed E-state index contributed by atoms with van der Waals surface area (Å²) in [7, 11) is -3.77. The quantitative estimate of drug-likeness (QED) is 0.665. The first-order valence-electron chi connectivity index (χ1n) is 7.29. The molecule has 0 aliphatic heterocycles. The zero-order chi connectivity index (χ0) is 18.0. The molecular weight excluding hydrogens is 365 g/mol. The molecule has 1 aromatic carbocycles. The highest BCUT2D eigenvalue weighted by molar-refractivity contribution is 7.89. The zero-order valence-electron chi connectivity index (χ0n) is 13.2. The van der Waals surface area contributed by atoms with Crippen LogP contribution in [-0.4, -0.2) is 14.2 Å². The van der Waals surface area contributed by atoms with Crippen LogP contribution in [0.25, 0.3) is 0 Å². The number of furan rings is 1. The van der Waals surface area contributed by atoms with Crippen molar-refractivity contribution >= 4 is 27.1 Å². The van der Waals surface area contributed by atoms with Crippen molar-refractivity contribution in [3.63, 3.8) is 0 Å². The summed E-state index contributed by atoms with van der Waals surface area (Å²) in [5, 5.41) is 0. The van der Waals surface area contributed by atoms with Crippen LogP contribution in [0.4, 0.5) is 4.39 Å². The third-order valence-electron chi connectivity index (χ3n) is 3.49. The Labute approximate surface area is 148 Å². The number of halogens is 1. The first-order valence-corrected chi connectivity index (χ1v) is 9.59. The number of hydrogen-bond acceptors (Lipinski definition) is 5. The van der Waals surface area contributed by atoms with Crippen LogP contribution < -0.4 is 4.72 Å². The number of hydrogen-bond donors (Lipinski definition) is 1. The average molecular weight is 379 g/mol. The molecule has 8 heteroatoms. The van der Waals surface area contributed by atoms with Crippen molar-refractivity contribution in [2.75, 3.05) is 0 Å². The highest BCUT2D eigenvalue weighted by atomic mass is 32.2. The SMILES string of the molecule is Cc1cc(F)ccc1S(=O)(=O)NCc1ccc(C(=O)c2ccco2)s1. The van der Waals surface area contributed by atoms with E-state index in [4.69, 9.17) is 4.42 Å². The summed E-state index contributed by atoms with van der Waals surface area (Å²) >= 11 is 1.19. The van der Waals surface area contributed by atoms with E-state index in [9.17, 15) is 17.6 Å². The second kappa shape index (κ2) is 6.91. The number of nitrogens with one attached hydrogen (secondary N) is 1. The molecule has 0 amide bonds. The minimum Gasteiger partial charge on any atom is -0.461 e. The zero-order valence-corrected chi connectivity index (χ0v) is 14.8. The van der Waals surface area contributed by atoms with Crippen LogP contribution in [0.15, 0.2) is 58.0 Å². The number of ketones is 1. The molecule has 0 saturated heterocycles. The van der Waals surface area contributed by atoms with Gasteiger partial charge >= 0.3 is 0 Å². The summed E-state index contributed by atoms with van der Waals surface area (Å²) in [6, 6.07) is 10.0. The Hall–Kier alpha value is -2.29. The van der Waals surface area contributed by atoms with Crippen molar-refractivity contribution in [2.45, 2.75) is 18.4 Å². The molecule has 0 unspecified atom stereocenters. The largest absolute Gasteiger partial charge is 0.461 e. The van der Waals surface area contributed by atoms with Crippen molar-refractivity contribution in [3.8, 4) is 0 Å². The fraction of sp³-hybridized carbons (Fsp3) is 0.118. The van der Waals surface area contributed by atoms with E-state index in [1.54, 1.807) is 24.3 Å². The Morgan fingerprint density at radius 2 is 2.04 bits per heavy atom. The van der Waals surface area contributed by atoms with Gasteiger partial charge < -0.3 is 4.42 Å². The second-order valence-electron chi connectivity index (χ2n) is 5.31. The van der Waals surface area contributed by atoms with Crippen LogP contribution in [0.2, 0.25) is 0 Å². The van der Waals surface area contributed by atoms with Crippen LogP contribution in [-0.2, 0) is 16.6 Å². The minimum absolute atomic E-state index is 0.0253. The van der Waals surface area contributed by atoms with Gasteiger partial charge in [-0.25, -0.2) is 17.5 Å². The first-order chi connectivity index (χ1) is 11.9. The summed E-state index contributed by atoms with van der Waals surface area (Å²) in [5.41, 5.74) is 0.326. The third kappa shape index (κ3) is 3.87. The molecule has 3 aromatic rings. The predicted molar refractivity (Wildman–Crippen MR) is 91.6 cm³/mol. The maximum absolute atomic E-state index is 13.1. The maximum atomic E-state index is 13.1. The lowest BCUT2D eigenvalue weighted by molar-refractivity contribution is 0.101. The normalized spacial score (nSPS) is 11.6. The van der Waals surface area contributed by atoms with Crippen molar-refractivity contribution in [2.24, 2.45) is 0 Å². The number of carbonyl (C=O) groups is 1. The average Bonchev–Trinajstić information content (AvgIpc) is 3.24. The minimum atomic E-state index is -3.77. The van der Waals surface area contributed by atoms with Gasteiger partial charge in [0, 0.05) is 11.4 Å². The monoisotopic (exact) mass is 379 g/mol. The van der Waals surface area contributed by atoms with Crippen molar-refractivity contribution in [3.05, 3.63) is 75.6 Å². The van der Waals surface area contributed by atoms with Crippen molar-refractivity contribution in [1.29, 1.82) is 0 Å². The molecule has 3 rings (SSSR count). The van der Waals surface area contributed by atoms with E-state index in [0.29, 0.717) is 15.3 Å². The molecule has 0 aliphatic rings. The topological polar surface area (TPSA) is 76.4 Å². The Morgan fingerprint density at radius 1 is 1.24 bits per heavy atom. The lowest BCUT2D eigenvalue weighted by Gasteiger charge is -2.08. The molecular formula is C17H14FNO4S2. The van der Waals surface area contributed by atoms with E-state index in [1.807, 2.05) is 0 Å². The number of rotatable bonds is 6. The summed E-state index contributed by atoms with van der Waals surface area (Å²) in [6.45, 7) is 1.57. The lowest BCUT2D eigenvalue weighted by atomic mass is 10.2. The van der Waals surface area contributed by atoms with Crippen LogP contribution in [0.5, 0.6) is 0 Å². The molecule has 0 atom stereocenters. The van der Waals surface area contributed by atoms with Gasteiger partial charge in [0.05, 0.1) is 16.0 Å². The van der Waals surface area contributed by atoms with Crippen molar-refractivity contribution in [1.82, 2.24) is 4.72 Å². The summed E-state index contributed by atoms with van der Waals surface area (Å²) in [4.78, 5) is 13.3. The molecule has 25 heavy (non-hydrogen) atoms. The van der Waals surface area contributed by atoms with E-state index < -0.39 is 15.8 Å². The van der Waals surface area contributed by atoms with Crippen LogP contribution >= 0.6 is 11.3 Å². The van der Waals surface area contributed by atoms with Gasteiger partial charge in [-0.15, -0.1) is 11.3 Å². The molecule has 2 aromatic heterocycles. The molecule has 1 N–H and O–H groups in total. The van der Waals surface area contributed by atoms with Crippen LogP contribution in [0.3, 0.4) is 0 Å². The number of carbonyl (C=O) groups excluding carboxylic acids is 1. The molecule has 0 fully saturated rings. The Kier molecular flexibility index (Phi) is 4.85. The highest BCUT2D eigenvalue weighted by Crippen LogP contribution is 2.22. The van der Waals surface area contributed by atoms with E-state index in [0.717, 1.165) is 6.07 Å².